The molecule has 2 nitrogen and oxygen atoms in total. The quantitative estimate of drug-likeness (QED) is 0.875. The average molecular weight is 290 g/mol. The minimum Gasteiger partial charge on any atom is -0.330 e. The second kappa shape index (κ2) is 6.40. The lowest BCUT2D eigenvalue weighted by Gasteiger charge is -2.09. The summed E-state index contributed by atoms with van der Waals surface area (Å²) in [6.45, 7) is 2.68. The molecule has 0 amide bonds. The number of rotatable bonds is 6. The fraction of sp³-hybridized carbons (Fsp3) is 0.545. The van der Waals surface area contributed by atoms with E-state index in [1.165, 1.54) is 0 Å². The van der Waals surface area contributed by atoms with Gasteiger partial charge in [0.25, 0.3) is 0 Å². The average Bonchev–Trinajstić information content (AvgIpc) is 2.60. The molecule has 0 fully saturated rings. The Labute approximate surface area is 103 Å². The lowest BCUT2D eigenvalue weighted by Crippen LogP contribution is -2.18. The minimum atomic E-state index is 0.293. The van der Waals surface area contributed by atoms with Crippen LogP contribution in [0.1, 0.15) is 24.6 Å². The van der Waals surface area contributed by atoms with Crippen LogP contribution in [0.5, 0.6) is 0 Å². The number of hydrogen-bond acceptors (Lipinski definition) is 3. The van der Waals surface area contributed by atoms with Gasteiger partial charge in [-0.3, -0.25) is 4.79 Å². The van der Waals surface area contributed by atoms with Gasteiger partial charge in [0.15, 0.2) is 0 Å². The fourth-order valence-electron chi connectivity index (χ4n) is 1.43. The maximum absolute atomic E-state index is 11.7. The number of halogens is 1. The third kappa shape index (κ3) is 4.45. The summed E-state index contributed by atoms with van der Waals surface area (Å²) in [5.74, 6) is 0.641. The van der Waals surface area contributed by atoms with Gasteiger partial charge < -0.3 is 5.73 Å². The zero-order chi connectivity index (χ0) is 11.3. The van der Waals surface area contributed by atoms with E-state index in [1.54, 1.807) is 11.3 Å². The Morgan fingerprint density at radius 2 is 2.40 bits per heavy atom. The van der Waals surface area contributed by atoms with Crippen LogP contribution in [0.4, 0.5) is 0 Å². The number of nitrogens with two attached hydrogens (primary N) is 1. The van der Waals surface area contributed by atoms with Crippen molar-refractivity contribution in [2.45, 2.75) is 26.2 Å². The van der Waals surface area contributed by atoms with E-state index in [4.69, 9.17) is 5.73 Å². The van der Waals surface area contributed by atoms with Gasteiger partial charge in [-0.15, -0.1) is 11.3 Å². The van der Waals surface area contributed by atoms with Gasteiger partial charge in [-0.2, -0.15) is 0 Å². The summed E-state index contributed by atoms with van der Waals surface area (Å²) in [7, 11) is 0. The number of thiophene rings is 1. The molecule has 0 saturated carbocycles. The molecule has 1 aromatic rings. The first-order chi connectivity index (χ1) is 7.15. The van der Waals surface area contributed by atoms with Crippen molar-refractivity contribution in [2.75, 3.05) is 6.54 Å². The summed E-state index contributed by atoms with van der Waals surface area (Å²) >= 11 is 5.00. The van der Waals surface area contributed by atoms with Crippen molar-refractivity contribution in [3.63, 3.8) is 0 Å². The molecular formula is C11H16BrNOS. The Hall–Kier alpha value is -0.190. The van der Waals surface area contributed by atoms with Crippen LogP contribution in [0.2, 0.25) is 0 Å². The van der Waals surface area contributed by atoms with E-state index >= 15 is 0 Å². The highest BCUT2D eigenvalue weighted by atomic mass is 79.9. The molecule has 0 saturated heterocycles. The minimum absolute atomic E-state index is 0.293. The normalized spacial score (nSPS) is 12.7. The van der Waals surface area contributed by atoms with E-state index in [0.717, 1.165) is 15.8 Å². The SMILES string of the molecule is CCC(CN)CC(=O)Cc1cc(Br)cs1. The van der Waals surface area contributed by atoms with Gasteiger partial charge in [-0.25, -0.2) is 0 Å². The van der Waals surface area contributed by atoms with Gasteiger partial charge in [-0.05, 0) is 34.5 Å². The van der Waals surface area contributed by atoms with E-state index in [9.17, 15) is 4.79 Å². The van der Waals surface area contributed by atoms with Gasteiger partial charge in [-0.1, -0.05) is 13.3 Å². The lowest BCUT2D eigenvalue weighted by atomic mass is 9.98. The molecule has 0 aliphatic heterocycles. The van der Waals surface area contributed by atoms with Gasteiger partial charge in [0.2, 0.25) is 0 Å². The maximum Gasteiger partial charge on any atom is 0.138 e. The predicted octanol–water partition coefficient (Wildman–Crippen LogP) is 3.00. The first-order valence-electron chi connectivity index (χ1n) is 5.10. The van der Waals surface area contributed by atoms with Crippen LogP contribution in [0.3, 0.4) is 0 Å². The van der Waals surface area contributed by atoms with E-state index in [-0.39, 0.29) is 0 Å². The van der Waals surface area contributed by atoms with Gasteiger partial charge in [0, 0.05) is 27.6 Å². The predicted molar refractivity (Wildman–Crippen MR) is 68.2 cm³/mol. The lowest BCUT2D eigenvalue weighted by molar-refractivity contribution is -0.119. The van der Waals surface area contributed by atoms with E-state index in [1.807, 2.05) is 11.4 Å². The third-order valence-corrected chi connectivity index (χ3v) is 4.12. The van der Waals surface area contributed by atoms with E-state index in [0.29, 0.717) is 31.1 Å². The van der Waals surface area contributed by atoms with Crippen molar-refractivity contribution in [3.05, 3.63) is 20.8 Å². The van der Waals surface area contributed by atoms with Crippen molar-refractivity contribution >= 4 is 33.0 Å². The highest BCUT2D eigenvalue weighted by Gasteiger charge is 2.11. The first-order valence-corrected chi connectivity index (χ1v) is 6.77. The number of carbonyl (C=O) groups excluding carboxylic acids is 1. The molecule has 1 unspecified atom stereocenters. The smallest absolute Gasteiger partial charge is 0.138 e. The van der Waals surface area contributed by atoms with Crippen LogP contribution in [-0.4, -0.2) is 12.3 Å². The monoisotopic (exact) mass is 289 g/mol. The standard InChI is InChI=1S/C11H16BrNOS/c1-2-8(6-13)3-10(14)5-11-4-9(12)7-15-11/h4,7-8H,2-3,5-6,13H2,1H3. The summed E-state index contributed by atoms with van der Waals surface area (Å²) in [5.41, 5.74) is 5.57. The van der Waals surface area contributed by atoms with Crippen LogP contribution in [-0.2, 0) is 11.2 Å². The van der Waals surface area contributed by atoms with Crippen LogP contribution in [0.15, 0.2) is 15.9 Å². The van der Waals surface area contributed by atoms with Crippen molar-refractivity contribution < 1.29 is 4.79 Å². The summed E-state index contributed by atoms with van der Waals surface area (Å²) < 4.78 is 1.06. The van der Waals surface area contributed by atoms with Crippen molar-refractivity contribution in [2.24, 2.45) is 11.7 Å². The zero-order valence-corrected chi connectivity index (χ0v) is 11.2. The number of hydrogen-bond donors (Lipinski definition) is 1. The van der Waals surface area contributed by atoms with Crippen molar-refractivity contribution in [1.82, 2.24) is 0 Å². The molecule has 0 radical (unpaired) electrons. The molecule has 1 aromatic heterocycles. The summed E-state index contributed by atoms with van der Waals surface area (Å²) in [6.07, 6.45) is 2.14. The molecule has 15 heavy (non-hydrogen) atoms. The van der Waals surface area contributed by atoms with Crippen LogP contribution in [0, 0.1) is 5.92 Å². The van der Waals surface area contributed by atoms with Gasteiger partial charge >= 0.3 is 0 Å². The Kier molecular flexibility index (Phi) is 5.50. The van der Waals surface area contributed by atoms with Crippen molar-refractivity contribution in [3.8, 4) is 0 Å². The second-order valence-corrected chi connectivity index (χ2v) is 5.57. The molecule has 0 aliphatic carbocycles. The van der Waals surface area contributed by atoms with Crippen molar-refractivity contribution in [1.29, 1.82) is 0 Å². The van der Waals surface area contributed by atoms with E-state index < -0.39 is 0 Å². The topological polar surface area (TPSA) is 43.1 Å². The van der Waals surface area contributed by atoms with Gasteiger partial charge in [0.05, 0.1) is 0 Å². The molecule has 0 bridgehead atoms. The molecule has 2 N–H and O–H groups in total. The largest absolute Gasteiger partial charge is 0.330 e. The number of ketones is 1. The first kappa shape index (κ1) is 12.9. The second-order valence-electron chi connectivity index (χ2n) is 3.66. The molecule has 0 spiro atoms. The summed E-state index contributed by atoms with van der Waals surface area (Å²) in [5, 5.41) is 2.00. The Morgan fingerprint density at radius 3 is 2.87 bits per heavy atom. The fourth-order valence-corrected chi connectivity index (χ4v) is 2.91. The summed E-state index contributed by atoms with van der Waals surface area (Å²) in [4.78, 5) is 12.8. The molecule has 1 atom stereocenters. The molecule has 0 aromatic carbocycles. The number of Topliss-reactive ketones (excluding diaryl/α,β-unsaturated/α-hetero) is 1. The summed E-state index contributed by atoms with van der Waals surface area (Å²) in [6, 6.07) is 2.01. The highest BCUT2D eigenvalue weighted by Crippen LogP contribution is 2.21. The Morgan fingerprint density at radius 1 is 1.67 bits per heavy atom. The van der Waals surface area contributed by atoms with Crippen LogP contribution >= 0.6 is 27.3 Å². The number of carbonyl (C=O) groups is 1. The third-order valence-electron chi connectivity index (χ3n) is 2.42. The highest BCUT2D eigenvalue weighted by molar-refractivity contribution is 9.10. The molecule has 84 valence electrons. The van der Waals surface area contributed by atoms with Crippen LogP contribution in [0.25, 0.3) is 0 Å². The Bertz CT molecular complexity index is 320. The molecule has 4 heteroatoms. The Balaban J connectivity index is 2.42. The zero-order valence-electron chi connectivity index (χ0n) is 8.83. The molecular weight excluding hydrogens is 274 g/mol. The maximum atomic E-state index is 11.7. The molecule has 1 heterocycles. The molecule has 1 rings (SSSR count). The molecule has 0 aliphatic rings. The van der Waals surface area contributed by atoms with E-state index in [2.05, 4.69) is 22.9 Å². The van der Waals surface area contributed by atoms with Crippen LogP contribution < -0.4 is 5.73 Å². The van der Waals surface area contributed by atoms with Gasteiger partial charge in [0.1, 0.15) is 5.78 Å².